The van der Waals surface area contributed by atoms with Crippen molar-refractivity contribution in [2.45, 2.75) is 42.7 Å². The van der Waals surface area contributed by atoms with Crippen molar-refractivity contribution in [2.24, 2.45) is 0 Å². The van der Waals surface area contributed by atoms with E-state index in [2.05, 4.69) is 0 Å². The molecular weight excluding hydrogens is 552 g/mol. The summed E-state index contributed by atoms with van der Waals surface area (Å²) in [5, 5.41) is 60.5. The zero-order chi connectivity index (χ0) is 30.1. The maximum atomic E-state index is 11.2. The molecule has 0 aliphatic carbocycles. The minimum atomic E-state index is -1.52. The third-order valence-corrected chi connectivity index (χ3v) is 7.84. The molecule has 1 fully saturated rings. The molecule has 222 valence electrons. The molecule has 0 amide bonds. The summed E-state index contributed by atoms with van der Waals surface area (Å²) in [5.74, 6) is 0.983. The van der Waals surface area contributed by atoms with Gasteiger partial charge in [-0.05, 0) is 58.7 Å². The molecule has 6 N–H and O–H groups in total. The number of rotatable bonds is 7. The molecule has 6 rings (SSSR count). The summed E-state index contributed by atoms with van der Waals surface area (Å²) in [5.41, 5.74) is 4.15. The number of aliphatic hydroxyl groups excluding tert-OH is 4. The van der Waals surface area contributed by atoms with Gasteiger partial charge in [0.2, 0.25) is 6.29 Å². The summed E-state index contributed by atoms with van der Waals surface area (Å²) in [6.45, 7) is -0.539. The predicted octanol–water partition coefficient (Wildman–Crippen LogP) is 3.71. The van der Waals surface area contributed by atoms with Crippen molar-refractivity contribution >= 4 is 12.2 Å². The van der Waals surface area contributed by atoms with Crippen LogP contribution in [0.5, 0.6) is 23.0 Å². The topological polar surface area (TPSA) is 149 Å². The molecule has 43 heavy (non-hydrogen) atoms. The van der Waals surface area contributed by atoms with Crippen LogP contribution in [0.2, 0.25) is 0 Å². The van der Waals surface area contributed by atoms with E-state index in [-0.39, 0.29) is 23.5 Å². The van der Waals surface area contributed by atoms with Gasteiger partial charge in [0.15, 0.2) is 0 Å². The Balaban J connectivity index is 1.21. The van der Waals surface area contributed by atoms with E-state index in [0.717, 1.165) is 22.3 Å². The van der Waals surface area contributed by atoms with Crippen LogP contribution in [0.4, 0.5) is 0 Å². The Morgan fingerprint density at radius 2 is 1.42 bits per heavy atom. The van der Waals surface area contributed by atoms with E-state index in [1.54, 1.807) is 42.5 Å². The minimum Gasteiger partial charge on any atom is -0.508 e. The molecule has 7 atom stereocenters. The summed E-state index contributed by atoms with van der Waals surface area (Å²) >= 11 is 0. The molecule has 0 saturated carbocycles. The number of benzene rings is 4. The summed E-state index contributed by atoms with van der Waals surface area (Å²) in [7, 11) is 0. The fourth-order valence-corrected chi connectivity index (χ4v) is 5.57. The molecule has 0 radical (unpaired) electrons. The molecule has 2 aliphatic heterocycles. The third-order valence-electron chi connectivity index (χ3n) is 7.84. The first-order chi connectivity index (χ1) is 20.8. The van der Waals surface area contributed by atoms with Gasteiger partial charge in [0, 0.05) is 5.56 Å². The molecule has 2 heterocycles. The van der Waals surface area contributed by atoms with Crippen LogP contribution in [-0.4, -0.2) is 68.0 Å². The summed E-state index contributed by atoms with van der Waals surface area (Å²) in [4.78, 5) is 0. The van der Waals surface area contributed by atoms with Crippen LogP contribution in [0.25, 0.3) is 12.2 Å². The molecule has 0 spiro atoms. The lowest BCUT2D eigenvalue weighted by molar-refractivity contribution is -0.277. The van der Waals surface area contributed by atoms with Crippen molar-refractivity contribution in [3.63, 3.8) is 0 Å². The smallest absolute Gasteiger partial charge is 0.229 e. The van der Waals surface area contributed by atoms with Crippen molar-refractivity contribution in [3.05, 3.63) is 119 Å². The second-order valence-corrected chi connectivity index (χ2v) is 10.7. The lowest BCUT2D eigenvalue weighted by atomic mass is 9.84. The number of aliphatic hydroxyl groups is 4. The van der Waals surface area contributed by atoms with Crippen LogP contribution in [-0.2, 0) is 4.74 Å². The minimum absolute atomic E-state index is 0.121. The van der Waals surface area contributed by atoms with E-state index >= 15 is 0 Å². The second-order valence-electron chi connectivity index (χ2n) is 10.7. The van der Waals surface area contributed by atoms with Crippen LogP contribution in [0.3, 0.4) is 0 Å². The van der Waals surface area contributed by atoms with Crippen molar-refractivity contribution in [1.82, 2.24) is 0 Å². The number of aromatic hydroxyl groups is 2. The number of hydrogen-bond donors (Lipinski definition) is 6. The van der Waals surface area contributed by atoms with Gasteiger partial charge in [0.25, 0.3) is 0 Å². The molecule has 1 saturated heterocycles. The summed E-state index contributed by atoms with van der Waals surface area (Å²) in [6, 6.07) is 27.2. The Bertz CT molecular complexity index is 1570. The van der Waals surface area contributed by atoms with Crippen LogP contribution >= 0.6 is 0 Å². The van der Waals surface area contributed by atoms with Gasteiger partial charge in [-0.2, -0.15) is 0 Å². The van der Waals surface area contributed by atoms with Gasteiger partial charge < -0.3 is 44.8 Å². The Morgan fingerprint density at radius 3 is 2.12 bits per heavy atom. The van der Waals surface area contributed by atoms with Gasteiger partial charge in [0.1, 0.15) is 53.5 Å². The first-order valence-corrected chi connectivity index (χ1v) is 13.9. The lowest BCUT2D eigenvalue weighted by Crippen LogP contribution is -2.60. The van der Waals surface area contributed by atoms with Gasteiger partial charge in [-0.3, -0.25) is 0 Å². The molecule has 4 aromatic carbocycles. The fraction of sp³-hybridized carbons (Fsp3) is 0.235. The Labute approximate surface area is 248 Å². The molecule has 9 nitrogen and oxygen atoms in total. The van der Waals surface area contributed by atoms with E-state index < -0.39 is 37.3 Å². The zero-order valence-corrected chi connectivity index (χ0v) is 23.0. The largest absolute Gasteiger partial charge is 0.508 e. The van der Waals surface area contributed by atoms with E-state index in [4.69, 9.17) is 14.2 Å². The monoisotopic (exact) mass is 584 g/mol. The van der Waals surface area contributed by atoms with Crippen molar-refractivity contribution in [2.75, 3.05) is 6.61 Å². The van der Waals surface area contributed by atoms with Gasteiger partial charge in [-0.25, -0.2) is 0 Å². The summed E-state index contributed by atoms with van der Waals surface area (Å²) < 4.78 is 17.5. The Hall–Kier alpha value is -4.38. The standard InChI is InChI=1S/C34H32O9/c35-18-27-30(38)31(39)32(40)34(43-27)41-24-14-8-19(9-15-24)6-7-20-16-25(37)29-26(17-20)42-33(22-10-12-23(36)13-11-22)28(29)21-4-2-1-3-5-21/h1-17,27-28,30-40H,18H2/t27-,28+,30-,31+,32-,33-,34-/m1/s1. The average Bonchev–Trinajstić information content (AvgIpc) is 3.42. The van der Waals surface area contributed by atoms with Crippen LogP contribution < -0.4 is 9.47 Å². The maximum Gasteiger partial charge on any atom is 0.229 e. The van der Waals surface area contributed by atoms with Crippen LogP contribution in [0.15, 0.2) is 91.0 Å². The quantitative estimate of drug-likeness (QED) is 0.179. The van der Waals surface area contributed by atoms with E-state index in [1.165, 1.54) is 0 Å². The van der Waals surface area contributed by atoms with E-state index in [0.29, 0.717) is 17.1 Å². The average molecular weight is 585 g/mol. The molecule has 0 bridgehead atoms. The first-order valence-electron chi connectivity index (χ1n) is 13.9. The van der Waals surface area contributed by atoms with Crippen LogP contribution in [0, 0.1) is 0 Å². The predicted molar refractivity (Wildman–Crippen MR) is 158 cm³/mol. The molecule has 9 heteroatoms. The van der Waals surface area contributed by atoms with E-state index in [9.17, 15) is 30.6 Å². The molecule has 2 aliphatic rings. The molecular formula is C34H32O9. The Kier molecular flexibility index (Phi) is 8.07. The molecule has 4 aromatic rings. The van der Waals surface area contributed by atoms with Crippen LogP contribution in [0.1, 0.15) is 39.8 Å². The van der Waals surface area contributed by atoms with E-state index in [1.807, 2.05) is 60.7 Å². The highest BCUT2D eigenvalue weighted by Crippen LogP contribution is 2.53. The molecule has 0 aromatic heterocycles. The lowest BCUT2D eigenvalue weighted by Gasteiger charge is -2.39. The normalized spacial score (nSPS) is 26.7. The highest BCUT2D eigenvalue weighted by atomic mass is 16.7. The first kappa shape index (κ1) is 28.7. The highest BCUT2D eigenvalue weighted by molar-refractivity contribution is 5.73. The number of ether oxygens (including phenoxy) is 3. The SMILES string of the molecule is OC[C@H]1O[C@@H](Oc2ccc(C=Cc3cc(O)c4c(c3)O[C@H](c3ccc(O)cc3)[C@H]4c3ccccc3)cc2)[C@H](O)[C@@H](O)[C@@H]1O. The Morgan fingerprint density at radius 1 is 0.721 bits per heavy atom. The highest BCUT2D eigenvalue weighted by Gasteiger charge is 2.44. The van der Waals surface area contributed by atoms with Crippen molar-refractivity contribution in [3.8, 4) is 23.0 Å². The number of fused-ring (bicyclic) bond motifs is 1. The van der Waals surface area contributed by atoms with Crippen molar-refractivity contribution < 1.29 is 44.8 Å². The maximum absolute atomic E-state index is 11.2. The van der Waals surface area contributed by atoms with Gasteiger partial charge in [0.05, 0.1) is 12.5 Å². The van der Waals surface area contributed by atoms with Gasteiger partial charge in [-0.1, -0.05) is 66.7 Å². The molecule has 0 unspecified atom stereocenters. The second kappa shape index (κ2) is 12.1. The van der Waals surface area contributed by atoms with Gasteiger partial charge in [-0.15, -0.1) is 0 Å². The number of phenols is 2. The third kappa shape index (κ3) is 5.81. The van der Waals surface area contributed by atoms with Crippen molar-refractivity contribution in [1.29, 1.82) is 0 Å². The number of hydrogen-bond acceptors (Lipinski definition) is 9. The fourth-order valence-electron chi connectivity index (χ4n) is 5.57. The zero-order valence-electron chi connectivity index (χ0n) is 23.0. The van der Waals surface area contributed by atoms with Gasteiger partial charge >= 0.3 is 0 Å². The summed E-state index contributed by atoms with van der Waals surface area (Å²) in [6.07, 6.45) is -3.48. The number of phenolic OH excluding ortho intramolecular Hbond substituents is 2.